The third-order valence-electron chi connectivity index (χ3n) is 3.17. The molecule has 1 aliphatic rings. The number of nitrogens with two attached hydrogens (primary N) is 1. The van der Waals surface area contributed by atoms with Gasteiger partial charge in [0.05, 0.1) is 12.6 Å². The first-order valence-electron chi connectivity index (χ1n) is 6.59. The Morgan fingerprint density at radius 3 is 2.63 bits per heavy atom. The van der Waals surface area contributed by atoms with Gasteiger partial charge in [0.1, 0.15) is 6.04 Å². The molecule has 1 amide bonds. The van der Waals surface area contributed by atoms with Crippen molar-refractivity contribution < 1.29 is 14.3 Å². The summed E-state index contributed by atoms with van der Waals surface area (Å²) in [5, 5.41) is 0. The minimum atomic E-state index is -0.604. The molecule has 1 aliphatic heterocycles. The van der Waals surface area contributed by atoms with E-state index in [1.54, 1.807) is 23.6 Å². The molecule has 1 rings (SSSR count). The Bertz CT molecular complexity index is 341. The van der Waals surface area contributed by atoms with Crippen molar-refractivity contribution in [2.45, 2.75) is 39.8 Å². The van der Waals surface area contributed by atoms with Crippen molar-refractivity contribution in [1.29, 1.82) is 0 Å². The second-order valence-corrected chi connectivity index (χ2v) is 6.87. The molecule has 0 saturated carbocycles. The first-order valence-corrected chi connectivity index (χ1v) is 7.75. The van der Waals surface area contributed by atoms with E-state index in [-0.39, 0.29) is 17.3 Å². The van der Waals surface area contributed by atoms with Crippen LogP contribution < -0.4 is 5.73 Å². The van der Waals surface area contributed by atoms with Crippen molar-refractivity contribution in [2.24, 2.45) is 11.1 Å². The number of rotatable bonds is 3. The van der Waals surface area contributed by atoms with Gasteiger partial charge in [0, 0.05) is 18.1 Å². The molecule has 6 heteroatoms. The van der Waals surface area contributed by atoms with E-state index in [1.165, 1.54) is 0 Å². The molecule has 1 fully saturated rings. The topological polar surface area (TPSA) is 72.6 Å². The van der Waals surface area contributed by atoms with Crippen molar-refractivity contribution in [3.8, 4) is 0 Å². The molecule has 0 spiro atoms. The Kier molecular flexibility index (Phi) is 5.67. The van der Waals surface area contributed by atoms with Crippen LogP contribution >= 0.6 is 11.8 Å². The van der Waals surface area contributed by atoms with Crippen LogP contribution in [-0.4, -0.2) is 53.5 Å². The average Bonchev–Trinajstić information content (AvgIpc) is 2.36. The highest BCUT2D eigenvalue weighted by atomic mass is 32.2. The molecular formula is C13H24N2O3S. The maximum Gasteiger partial charge on any atom is 0.329 e. The molecule has 5 nitrogen and oxygen atoms in total. The summed E-state index contributed by atoms with van der Waals surface area (Å²) in [4.78, 5) is 26.0. The molecule has 1 heterocycles. The van der Waals surface area contributed by atoms with Gasteiger partial charge < -0.3 is 15.4 Å². The van der Waals surface area contributed by atoms with E-state index in [0.717, 1.165) is 5.75 Å². The number of esters is 1. The molecule has 2 N–H and O–H groups in total. The van der Waals surface area contributed by atoms with Gasteiger partial charge in [-0.05, 0) is 12.3 Å². The van der Waals surface area contributed by atoms with Gasteiger partial charge in [-0.25, -0.2) is 4.79 Å². The maximum atomic E-state index is 12.4. The van der Waals surface area contributed by atoms with Crippen molar-refractivity contribution in [1.82, 2.24) is 4.90 Å². The Morgan fingerprint density at radius 1 is 1.47 bits per heavy atom. The Balaban J connectivity index is 2.82. The quantitative estimate of drug-likeness (QED) is 0.780. The van der Waals surface area contributed by atoms with E-state index in [0.29, 0.717) is 18.9 Å². The number of hydrogen-bond donors (Lipinski definition) is 1. The summed E-state index contributed by atoms with van der Waals surface area (Å²) in [6, 6.07) is -1.10. The number of ether oxygens (including phenoxy) is 1. The van der Waals surface area contributed by atoms with Crippen LogP contribution in [0.3, 0.4) is 0 Å². The van der Waals surface area contributed by atoms with Crippen molar-refractivity contribution in [3.63, 3.8) is 0 Å². The van der Waals surface area contributed by atoms with Crippen molar-refractivity contribution in [3.05, 3.63) is 0 Å². The molecule has 2 unspecified atom stereocenters. The van der Waals surface area contributed by atoms with Gasteiger partial charge >= 0.3 is 5.97 Å². The number of thioether (sulfide) groups is 1. The van der Waals surface area contributed by atoms with Crippen LogP contribution in [0.4, 0.5) is 0 Å². The molecule has 0 aromatic rings. The number of carbonyl (C=O) groups excluding carboxylic acids is 2. The van der Waals surface area contributed by atoms with Crippen molar-refractivity contribution >= 4 is 23.6 Å². The van der Waals surface area contributed by atoms with E-state index in [9.17, 15) is 9.59 Å². The van der Waals surface area contributed by atoms with Crippen LogP contribution in [0.2, 0.25) is 0 Å². The Labute approximate surface area is 119 Å². The zero-order chi connectivity index (χ0) is 14.6. The van der Waals surface area contributed by atoms with Crippen LogP contribution in [0, 0.1) is 5.41 Å². The molecule has 0 radical (unpaired) electrons. The van der Waals surface area contributed by atoms with Crippen LogP contribution in [0.5, 0.6) is 0 Å². The van der Waals surface area contributed by atoms with E-state index < -0.39 is 12.1 Å². The summed E-state index contributed by atoms with van der Waals surface area (Å²) in [6.07, 6.45) is 0. The molecule has 0 bridgehead atoms. The summed E-state index contributed by atoms with van der Waals surface area (Å²) < 4.78 is 5.04. The predicted molar refractivity (Wildman–Crippen MR) is 76.9 cm³/mol. The second-order valence-electron chi connectivity index (χ2n) is 5.72. The second kappa shape index (κ2) is 6.61. The molecule has 19 heavy (non-hydrogen) atoms. The third kappa shape index (κ3) is 4.11. The van der Waals surface area contributed by atoms with Crippen LogP contribution in [0.15, 0.2) is 0 Å². The SMILES string of the molecule is CCOC(=O)C1CSCCN1C(=O)C(N)C(C)(C)C. The molecule has 0 aliphatic carbocycles. The monoisotopic (exact) mass is 288 g/mol. The van der Waals surface area contributed by atoms with Gasteiger partial charge in [0.25, 0.3) is 0 Å². The highest BCUT2D eigenvalue weighted by Crippen LogP contribution is 2.23. The molecule has 110 valence electrons. The Morgan fingerprint density at radius 2 is 2.11 bits per heavy atom. The lowest BCUT2D eigenvalue weighted by Gasteiger charge is -2.38. The largest absolute Gasteiger partial charge is 0.464 e. The zero-order valence-corrected chi connectivity index (χ0v) is 13.0. The van der Waals surface area contributed by atoms with Crippen LogP contribution in [0.1, 0.15) is 27.7 Å². The minimum absolute atomic E-state index is 0.161. The van der Waals surface area contributed by atoms with Gasteiger partial charge in [-0.3, -0.25) is 4.79 Å². The smallest absolute Gasteiger partial charge is 0.329 e. The molecule has 2 atom stereocenters. The van der Waals surface area contributed by atoms with Gasteiger partial charge in [0.2, 0.25) is 5.91 Å². The number of carbonyl (C=O) groups is 2. The summed E-state index contributed by atoms with van der Waals surface area (Å²) >= 11 is 1.66. The van der Waals surface area contributed by atoms with Gasteiger partial charge in [-0.2, -0.15) is 11.8 Å². The lowest BCUT2D eigenvalue weighted by atomic mass is 9.86. The van der Waals surface area contributed by atoms with E-state index in [4.69, 9.17) is 10.5 Å². The highest BCUT2D eigenvalue weighted by molar-refractivity contribution is 7.99. The maximum absolute atomic E-state index is 12.4. The van der Waals surface area contributed by atoms with E-state index in [1.807, 2.05) is 20.8 Å². The zero-order valence-electron chi connectivity index (χ0n) is 12.1. The lowest BCUT2D eigenvalue weighted by Crippen LogP contribution is -2.58. The summed E-state index contributed by atoms with van der Waals surface area (Å²) in [6.45, 7) is 8.42. The number of hydrogen-bond acceptors (Lipinski definition) is 5. The number of nitrogens with zero attached hydrogens (tertiary/aromatic N) is 1. The summed E-state index contributed by atoms with van der Waals surface area (Å²) in [7, 11) is 0. The minimum Gasteiger partial charge on any atom is -0.464 e. The standard InChI is InChI=1S/C13H24N2O3S/c1-5-18-12(17)9-8-19-7-6-15(9)11(16)10(14)13(2,3)4/h9-10H,5-8,14H2,1-4H3. The van der Waals surface area contributed by atoms with Gasteiger partial charge in [-0.15, -0.1) is 0 Å². The fraction of sp³-hybridized carbons (Fsp3) is 0.846. The fourth-order valence-corrected chi connectivity index (χ4v) is 2.88. The molecule has 0 aromatic carbocycles. The average molecular weight is 288 g/mol. The molecule has 0 aromatic heterocycles. The first-order chi connectivity index (χ1) is 8.79. The van der Waals surface area contributed by atoms with Gasteiger partial charge in [-0.1, -0.05) is 20.8 Å². The van der Waals surface area contributed by atoms with Crippen LogP contribution in [0.25, 0.3) is 0 Å². The van der Waals surface area contributed by atoms with E-state index in [2.05, 4.69) is 0 Å². The molecule has 1 saturated heterocycles. The Hall–Kier alpha value is -0.750. The lowest BCUT2D eigenvalue weighted by molar-refractivity contribution is -0.155. The third-order valence-corrected chi connectivity index (χ3v) is 4.19. The summed E-state index contributed by atoms with van der Waals surface area (Å²) in [5.41, 5.74) is 5.69. The number of amides is 1. The highest BCUT2D eigenvalue weighted by Gasteiger charge is 2.38. The van der Waals surface area contributed by atoms with E-state index >= 15 is 0 Å². The van der Waals surface area contributed by atoms with Crippen molar-refractivity contribution in [2.75, 3.05) is 24.7 Å². The normalized spacial score (nSPS) is 21.9. The fourth-order valence-electron chi connectivity index (χ4n) is 1.85. The molecular weight excluding hydrogens is 264 g/mol. The first kappa shape index (κ1) is 16.3. The van der Waals surface area contributed by atoms with Gasteiger partial charge in [0.15, 0.2) is 0 Å². The predicted octanol–water partition coefficient (Wildman–Crippen LogP) is 0.867. The summed E-state index contributed by atoms with van der Waals surface area (Å²) in [5.74, 6) is 0.926. The van der Waals surface area contributed by atoms with Crippen LogP contribution in [-0.2, 0) is 14.3 Å².